The molecule has 0 aliphatic carbocycles. The number of aryl methyl sites for hydroxylation is 1. The van der Waals surface area contributed by atoms with Crippen molar-refractivity contribution in [3.8, 4) is 0 Å². The molecule has 0 radical (unpaired) electrons. The van der Waals surface area contributed by atoms with E-state index >= 15 is 0 Å². The molecule has 2 amide bonds. The second-order valence-corrected chi connectivity index (χ2v) is 9.40. The first-order valence-electron chi connectivity index (χ1n) is 9.93. The Bertz CT molecular complexity index is 911. The summed E-state index contributed by atoms with van der Waals surface area (Å²) in [6.45, 7) is 9.02. The Labute approximate surface area is 177 Å². The van der Waals surface area contributed by atoms with Crippen molar-refractivity contribution in [2.24, 2.45) is 5.92 Å². The summed E-state index contributed by atoms with van der Waals surface area (Å²) in [4.78, 5) is 37.0. The van der Waals surface area contributed by atoms with E-state index in [1.165, 1.54) is 29.4 Å². The molecule has 1 aliphatic heterocycles. The number of hydrogen-bond donors (Lipinski definition) is 2. The normalized spacial score (nSPS) is 20.4. The predicted molar refractivity (Wildman–Crippen MR) is 113 cm³/mol. The lowest BCUT2D eigenvalue weighted by Gasteiger charge is -2.24. The number of Topliss-reactive ketones (excluding diaryl/α,β-unsaturated/α-hetero) is 1. The Hall–Kier alpha value is -2.52. The quantitative estimate of drug-likeness (QED) is 0.446. The number of benzene rings is 1. The molecule has 2 rings (SSSR count). The summed E-state index contributed by atoms with van der Waals surface area (Å²) in [5, 5.41) is 4.87. The molecule has 1 fully saturated rings. The van der Waals surface area contributed by atoms with Crippen LogP contribution in [0.4, 0.5) is 0 Å². The van der Waals surface area contributed by atoms with Gasteiger partial charge in [0, 0.05) is 13.1 Å². The minimum absolute atomic E-state index is 0.0304. The molecule has 1 saturated heterocycles. The molecular weight excluding hydrogens is 406 g/mol. The van der Waals surface area contributed by atoms with Crippen LogP contribution >= 0.6 is 0 Å². The number of rotatable bonds is 9. The fourth-order valence-electron chi connectivity index (χ4n) is 3.36. The third kappa shape index (κ3) is 5.34. The Morgan fingerprint density at radius 3 is 2.47 bits per heavy atom. The molecule has 0 spiro atoms. The van der Waals surface area contributed by atoms with Crippen LogP contribution in [0.2, 0.25) is 0 Å². The van der Waals surface area contributed by atoms with Gasteiger partial charge in [-0.1, -0.05) is 37.1 Å². The van der Waals surface area contributed by atoms with Crippen LogP contribution in [0.3, 0.4) is 0 Å². The van der Waals surface area contributed by atoms with E-state index in [4.69, 9.17) is 0 Å². The summed E-state index contributed by atoms with van der Waals surface area (Å²) >= 11 is 0. The number of amides is 2. The van der Waals surface area contributed by atoms with Crippen LogP contribution in [-0.4, -0.2) is 55.5 Å². The molecule has 1 heterocycles. The van der Waals surface area contributed by atoms with Crippen LogP contribution in [0.5, 0.6) is 0 Å². The van der Waals surface area contributed by atoms with Gasteiger partial charge in [-0.3, -0.25) is 14.4 Å². The molecule has 30 heavy (non-hydrogen) atoms. The first kappa shape index (κ1) is 23.8. The lowest BCUT2D eigenvalue weighted by molar-refractivity contribution is -0.139. The van der Waals surface area contributed by atoms with E-state index < -0.39 is 39.7 Å². The van der Waals surface area contributed by atoms with Crippen molar-refractivity contribution in [1.82, 2.24) is 14.9 Å². The lowest BCUT2D eigenvalue weighted by atomic mass is 10.0. The molecule has 1 unspecified atom stereocenters. The zero-order chi connectivity index (χ0) is 22.5. The van der Waals surface area contributed by atoms with E-state index in [9.17, 15) is 22.8 Å². The van der Waals surface area contributed by atoms with Gasteiger partial charge in [-0.25, -0.2) is 8.42 Å². The second-order valence-electron chi connectivity index (χ2n) is 7.51. The fourth-order valence-corrected chi connectivity index (χ4v) is 5.03. The smallest absolute Gasteiger partial charge is 0.289 e. The van der Waals surface area contributed by atoms with Crippen molar-refractivity contribution < 1.29 is 22.8 Å². The van der Waals surface area contributed by atoms with Crippen molar-refractivity contribution in [2.75, 3.05) is 13.1 Å². The van der Waals surface area contributed by atoms with Crippen LogP contribution in [0.1, 0.15) is 32.3 Å². The second kappa shape index (κ2) is 9.99. The molecule has 1 aromatic rings. The first-order chi connectivity index (χ1) is 14.1. The zero-order valence-corrected chi connectivity index (χ0v) is 18.4. The van der Waals surface area contributed by atoms with Crippen LogP contribution < -0.4 is 10.6 Å². The van der Waals surface area contributed by atoms with Gasteiger partial charge in [-0.2, -0.15) is 4.31 Å². The van der Waals surface area contributed by atoms with Gasteiger partial charge >= 0.3 is 0 Å². The summed E-state index contributed by atoms with van der Waals surface area (Å²) in [6.07, 6.45) is 2.52. The molecule has 0 bridgehead atoms. The number of nitrogens with zero attached hydrogens (tertiary/aromatic N) is 1. The molecule has 8 nitrogen and oxygen atoms in total. The summed E-state index contributed by atoms with van der Waals surface area (Å²) < 4.78 is 27.6. The minimum atomic E-state index is -3.88. The van der Waals surface area contributed by atoms with Gasteiger partial charge < -0.3 is 10.6 Å². The minimum Gasteiger partial charge on any atom is -0.346 e. The highest BCUT2D eigenvalue weighted by Gasteiger charge is 2.43. The number of hydrogen-bond acceptors (Lipinski definition) is 5. The Morgan fingerprint density at radius 2 is 1.90 bits per heavy atom. The van der Waals surface area contributed by atoms with Crippen molar-refractivity contribution in [3.63, 3.8) is 0 Å². The Kier molecular flexibility index (Phi) is 7.91. The predicted octanol–water partition coefficient (Wildman–Crippen LogP) is 1.16. The summed E-state index contributed by atoms with van der Waals surface area (Å²) in [7, 11) is -3.88. The third-order valence-electron chi connectivity index (χ3n) is 5.23. The zero-order valence-electron chi connectivity index (χ0n) is 17.6. The molecule has 0 saturated carbocycles. The standard InChI is InChI=1S/C21H29N3O5S/c1-5-11-22-21(27)19(25)15(4)23-20(26)18-12-16(6-2)13-24(18)30(28,29)17-9-7-14(3)8-10-17/h5,7-10,15-16,18H,1,6,11-13H2,2-4H3,(H,22,27)(H,23,26)/t15?,16-,18+/m1/s1. The number of ketones is 1. The van der Waals surface area contributed by atoms with Crippen molar-refractivity contribution in [2.45, 2.75) is 50.6 Å². The van der Waals surface area contributed by atoms with Crippen molar-refractivity contribution in [3.05, 3.63) is 42.5 Å². The van der Waals surface area contributed by atoms with Gasteiger partial charge in [0.25, 0.3) is 5.91 Å². The maximum Gasteiger partial charge on any atom is 0.289 e. The molecule has 9 heteroatoms. The highest BCUT2D eigenvalue weighted by Crippen LogP contribution is 2.31. The monoisotopic (exact) mass is 435 g/mol. The summed E-state index contributed by atoms with van der Waals surface area (Å²) in [5.74, 6) is -2.19. The van der Waals surface area contributed by atoms with E-state index in [1.54, 1.807) is 12.1 Å². The van der Waals surface area contributed by atoms with Crippen molar-refractivity contribution in [1.29, 1.82) is 0 Å². The van der Waals surface area contributed by atoms with Crippen LogP contribution in [0.15, 0.2) is 41.8 Å². The van der Waals surface area contributed by atoms with Gasteiger partial charge in [0.05, 0.1) is 10.9 Å². The summed E-state index contributed by atoms with van der Waals surface area (Å²) in [6, 6.07) is 4.44. The number of nitrogens with one attached hydrogen (secondary N) is 2. The maximum atomic E-state index is 13.2. The van der Waals surface area contributed by atoms with Crippen LogP contribution in [0.25, 0.3) is 0 Å². The SMILES string of the molecule is C=CCNC(=O)C(=O)C(C)NC(=O)[C@@H]1C[C@@H](CC)CN1S(=O)(=O)c1ccc(C)cc1. The largest absolute Gasteiger partial charge is 0.346 e. The van der Waals surface area contributed by atoms with E-state index in [-0.39, 0.29) is 23.9 Å². The van der Waals surface area contributed by atoms with Crippen molar-refractivity contribution >= 4 is 27.6 Å². The van der Waals surface area contributed by atoms with E-state index in [1.807, 2.05) is 13.8 Å². The average Bonchev–Trinajstić information content (AvgIpc) is 3.17. The average molecular weight is 436 g/mol. The van der Waals surface area contributed by atoms with E-state index in [0.717, 1.165) is 12.0 Å². The van der Waals surface area contributed by atoms with Gasteiger partial charge in [-0.15, -0.1) is 6.58 Å². The molecule has 1 aromatic carbocycles. The number of carbonyl (C=O) groups is 3. The highest BCUT2D eigenvalue weighted by atomic mass is 32.2. The Morgan fingerprint density at radius 1 is 1.27 bits per heavy atom. The molecule has 164 valence electrons. The van der Waals surface area contributed by atoms with Crippen LogP contribution in [0, 0.1) is 12.8 Å². The van der Waals surface area contributed by atoms with Crippen LogP contribution in [-0.2, 0) is 24.4 Å². The number of sulfonamides is 1. The number of carbonyl (C=O) groups excluding carboxylic acids is 3. The Balaban J connectivity index is 2.19. The molecule has 0 aromatic heterocycles. The fraction of sp³-hybridized carbons (Fsp3) is 0.476. The molecular formula is C21H29N3O5S. The first-order valence-corrected chi connectivity index (χ1v) is 11.4. The molecule has 1 aliphatic rings. The third-order valence-corrected chi connectivity index (χ3v) is 7.12. The van der Waals surface area contributed by atoms with Gasteiger partial charge in [-0.05, 0) is 38.3 Å². The maximum absolute atomic E-state index is 13.2. The molecule has 2 N–H and O–H groups in total. The van der Waals surface area contributed by atoms with E-state index in [2.05, 4.69) is 17.2 Å². The van der Waals surface area contributed by atoms with Gasteiger partial charge in [0.1, 0.15) is 6.04 Å². The van der Waals surface area contributed by atoms with Gasteiger partial charge in [0.2, 0.25) is 21.7 Å². The van der Waals surface area contributed by atoms with E-state index in [0.29, 0.717) is 6.42 Å². The summed E-state index contributed by atoms with van der Waals surface area (Å²) in [5.41, 5.74) is 0.929. The highest BCUT2D eigenvalue weighted by molar-refractivity contribution is 7.89. The molecule has 3 atom stereocenters. The lowest BCUT2D eigenvalue weighted by Crippen LogP contribution is -2.52. The van der Waals surface area contributed by atoms with Gasteiger partial charge in [0.15, 0.2) is 0 Å². The topological polar surface area (TPSA) is 113 Å².